The van der Waals surface area contributed by atoms with Crippen molar-refractivity contribution in [1.29, 1.82) is 10.5 Å². The Hall–Kier alpha value is -2.85. The maximum absolute atomic E-state index is 9.34. The molecule has 2 aromatic carbocycles. The Morgan fingerprint density at radius 2 is 1.79 bits per heavy atom. The van der Waals surface area contributed by atoms with Crippen LogP contribution in [0.15, 0.2) is 56.9 Å². The van der Waals surface area contributed by atoms with Gasteiger partial charge in [-0.05, 0) is 36.0 Å². The van der Waals surface area contributed by atoms with Gasteiger partial charge < -0.3 is 4.57 Å². The van der Waals surface area contributed by atoms with Gasteiger partial charge in [-0.1, -0.05) is 30.0 Å². The Balaban J connectivity index is 1.54. The molecule has 4 aromatic rings. The predicted octanol–water partition coefficient (Wildman–Crippen LogP) is 4.61. The van der Waals surface area contributed by atoms with Crippen LogP contribution in [0.5, 0.6) is 0 Å². The topological polar surface area (TPSA) is 91.2 Å². The molecule has 0 radical (unpaired) electrons. The number of aromatic nitrogens is 4. The van der Waals surface area contributed by atoms with E-state index in [2.05, 4.69) is 33.4 Å². The molecule has 0 unspecified atom stereocenters. The van der Waals surface area contributed by atoms with Crippen LogP contribution in [0.2, 0.25) is 0 Å². The molecule has 0 spiro atoms. The first-order chi connectivity index (χ1) is 13.7. The molecule has 0 N–H and O–H groups in total. The predicted molar refractivity (Wildman–Crippen MR) is 110 cm³/mol. The molecule has 0 aliphatic carbocycles. The van der Waals surface area contributed by atoms with E-state index in [0.717, 1.165) is 20.4 Å². The lowest BCUT2D eigenvalue weighted by atomic mass is 10.1. The fourth-order valence-corrected chi connectivity index (χ4v) is 5.51. The fraction of sp³-hybridized carbons (Fsp3) is 0.105. The molecule has 0 amide bonds. The molecule has 136 valence electrons. The Bertz CT molecular complexity index is 1180. The molecule has 0 aliphatic heterocycles. The van der Waals surface area contributed by atoms with E-state index in [0.29, 0.717) is 26.9 Å². The van der Waals surface area contributed by atoms with Crippen molar-refractivity contribution in [2.75, 3.05) is 0 Å². The van der Waals surface area contributed by atoms with E-state index in [1.165, 1.54) is 11.8 Å². The number of hydrogen-bond donors (Lipinski definition) is 0. The number of fused-ring (bicyclic) bond motifs is 1. The highest BCUT2D eigenvalue weighted by Gasteiger charge is 2.16. The molecule has 28 heavy (non-hydrogen) atoms. The summed E-state index contributed by atoms with van der Waals surface area (Å²) in [6, 6.07) is 17.4. The number of nitrogens with zero attached hydrogens (tertiary/aromatic N) is 6. The van der Waals surface area contributed by atoms with Gasteiger partial charge >= 0.3 is 0 Å². The number of nitriles is 2. The van der Waals surface area contributed by atoms with Crippen molar-refractivity contribution in [2.24, 2.45) is 7.05 Å². The second kappa shape index (κ2) is 8.03. The van der Waals surface area contributed by atoms with Crippen LogP contribution in [0, 0.1) is 22.7 Å². The van der Waals surface area contributed by atoms with Gasteiger partial charge in [0.2, 0.25) is 0 Å². The minimum Gasteiger partial charge on any atom is -0.308 e. The Morgan fingerprint density at radius 3 is 2.50 bits per heavy atom. The molecule has 0 aliphatic rings. The highest BCUT2D eigenvalue weighted by Crippen LogP contribution is 2.34. The average Bonchev–Trinajstić information content (AvgIpc) is 3.29. The minimum atomic E-state index is 0.456. The van der Waals surface area contributed by atoms with Gasteiger partial charge in [0.1, 0.15) is 18.0 Å². The van der Waals surface area contributed by atoms with E-state index in [4.69, 9.17) is 0 Å². The van der Waals surface area contributed by atoms with Gasteiger partial charge in [0.25, 0.3) is 0 Å². The summed E-state index contributed by atoms with van der Waals surface area (Å²) >= 11 is 4.56. The number of thiazole rings is 1. The summed E-state index contributed by atoms with van der Waals surface area (Å²) in [4.78, 5) is 5.23. The molecular formula is C19H12N6S3. The van der Waals surface area contributed by atoms with Gasteiger partial charge in [-0.25, -0.2) is 4.98 Å². The monoisotopic (exact) mass is 420 g/mol. The fourth-order valence-electron chi connectivity index (χ4n) is 2.51. The lowest BCUT2D eigenvalue weighted by Gasteiger charge is -2.06. The van der Waals surface area contributed by atoms with Crippen molar-refractivity contribution in [3.63, 3.8) is 0 Å². The first-order valence-electron chi connectivity index (χ1n) is 8.17. The number of thioether (sulfide) groups is 1. The zero-order valence-corrected chi connectivity index (χ0v) is 17.1. The molecule has 0 saturated heterocycles. The molecule has 9 heteroatoms. The van der Waals surface area contributed by atoms with Crippen molar-refractivity contribution >= 4 is 45.1 Å². The number of benzene rings is 2. The third kappa shape index (κ3) is 3.60. The molecule has 0 bridgehead atoms. The van der Waals surface area contributed by atoms with Crippen molar-refractivity contribution in [1.82, 2.24) is 19.7 Å². The van der Waals surface area contributed by atoms with Crippen molar-refractivity contribution in [3.8, 4) is 12.1 Å². The van der Waals surface area contributed by atoms with Crippen molar-refractivity contribution in [3.05, 3.63) is 59.4 Å². The number of para-hydroxylation sites is 1. The summed E-state index contributed by atoms with van der Waals surface area (Å²) in [5, 5.41) is 27.8. The van der Waals surface area contributed by atoms with Gasteiger partial charge in [0, 0.05) is 7.05 Å². The quantitative estimate of drug-likeness (QED) is 0.435. The minimum absolute atomic E-state index is 0.456. The number of rotatable bonds is 5. The first-order valence-corrected chi connectivity index (χ1v) is 10.8. The van der Waals surface area contributed by atoms with E-state index in [-0.39, 0.29) is 0 Å². The molecule has 0 saturated carbocycles. The first kappa shape index (κ1) is 18.5. The third-order valence-corrected chi connectivity index (χ3v) is 7.33. The van der Waals surface area contributed by atoms with Crippen LogP contribution in [-0.2, 0) is 12.8 Å². The van der Waals surface area contributed by atoms with Crippen LogP contribution in [0.4, 0.5) is 0 Å². The number of hydrogen-bond acceptors (Lipinski definition) is 8. The summed E-state index contributed by atoms with van der Waals surface area (Å²) in [7, 11) is 1.89. The smallest absolute Gasteiger partial charge is 0.195 e. The normalized spacial score (nSPS) is 10.7. The van der Waals surface area contributed by atoms with Gasteiger partial charge in [0.15, 0.2) is 9.50 Å². The van der Waals surface area contributed by atoms with E-state index < -0.39 is 0 Å². The van der Waals surface area contributed by atoms with Crippen LogP contribution in [0.25, 0.3) is 10.2 Å². The maximum Gasteiger partial charge on any atom is 0.195 e. The Morgan fingerprint density at radius 1 is 1.04 bits per heavy atom. The Labute approximate surface area is 173 Å². The van der Waals surface area contributed by atoms with Crippen LogP contribution in [-0.4, -0.2) is 19.7 Å². The van der Waals surface area contributed by atoms with Gasteiger partial charge in [-0.3, -0.25) is 0 Å². The second-order valence-electron chi connectivity index (χ2n) is 5.70. The highest BCUT2D eigenvalue weighted by molar-refractivity contribution is 8.00. The average molecular weight is 421 g/mol. The lowest BCUT2D eigenvalue weighted by molar-refractivity contribution is 0.761. The zero-order chi connectivity index (χ0) is 19.5. The van der Waals surface area contributed by atoms with Crippen LogP contribution in [0.3, 0.4) is 0 Å². The standard InChI is InChI=1S/C19H12N6S3/c1-25-16(11-26-19-22-14-7-2-3-8-15(14)27-19)23-24-18(25)28-17-12(9-20)5-4-6-13(17)10-21/h2-8H,11H2,1H3. The summed E-state index contributed by atoms with van der Waals surface area (Å²) in [6.07, 6.45) is 0. The molecule has 2 heterocycles. The third-order valence-electron chi connectivity index (χ3n) is 3.97. The molecule has 0 atom stereocenters. The van der Waals surface area contributed by atoms with E-state index >= 15 is 0 Å². The van der Waals surface area contributed by atoms with Crippen LogP contribution < -0.4 is 0 Å². The van der Waals surface area contributed by atoms with Crippen molar-refractivity contribution in [2.45, 2.75) is 20.1 Å². The van der Waals surface area contributed by atoms with Gasteiger partial charge in [0.05, 0.1) is 32.0 Å². The molecule has 4 rings (SSSR count). The zero-order valence-electron chi connectivity index (χ0n) is 14.7. The van der Waals surface area contributed by atoms with Crippen LogP contribution >= 0.6 is 34.9 Å². The van der Waals surface area contributed by atoms with Gasteiger partial charge in [-0.2, -0.15) is 10.5 Å². The summed E-state index contributed by atoms with van der Waals surface area (Å²) in [5.41, 5.74) is 1.91. The van der Waals surface area contributed by atoms with E-state index in [1.54, 1.807) is 41.3 Å². The second-order valence-corrected chi connectivity index (χ2v) is 8.93. The van der Waals surface area contributed by atoms with E-state index in [9.17, 15) is 10.5 Å². The molecule has 2 aromatic heterocycles. The highest BCUT2D eigenvalue weighted by atomic mass is 32.2. The molecular weight excluding hydrogens is 408 g/mol. The molecule has 6 nitrogen and oxygen atoms in total. The lowest BCUT2D eigenvalue weighted by Crippen LogP contribution is -1.98. The molecule has 0 fully saturated rings. The maximum atomic E-state index is 9.34. The summed E-state index contributed by atoms with van der Waals surface area (Å²) < 4.78 is 4.04. The summed E-state index contributed by atoms with van der Waals surface area (Å²) in [6.45, 7) is 0. The summed E-state index contributed by atoms with van der Waals surface area (Å²) in [5.74, 6) is 1.44. The van der Waals surface area contributed by atoms with E-state index in [1.807, 2.05) is 29.8 Å². The van der Waals surface area contributed by atoms with Crippen LogP contribution in [0.1, 0.15) is 17.0 Å². The van der Waals surface area contributed by atoms with Gasteiger partial charge in [-0.15, -0.1) is 21.5 Å². The largest absolute Gasteiger partial charge is 0.308 e. The SMILES string of the molecule is Cn1c(CSc2nc3ccccc3s2)nnc1Sc1c(C#N)cccc1C#N. The van der Waals surface area contributed by atoms with Crippen molar-refractivity contribution < 1.29 is 0 Å². The Kier molecular flexibility index (Phi) is 5.31.